The van der Waals surface area contributed by atoms with Crippen LogP contribution in [0.5, 0.6) is 0 Å². The molecular weight excluding hydrogens is 795 g/mol. The third-order valence-electron chi connectivity index (χ3n) is 10.9. The third kappa shape index (κ3) is 10.4. The Kier molecular flexibility index (Phi) is 13.2. The molecule has 2 aliphatic heterocycles. The second kappa shape index (κ2) is 17.2. The fourth-order valence-electron chi connectivity index (χ4n) is 7.75. The molecule has 18 nitrogen and oxygen atoms in total. The van der Waals surface area contributed by atoms with Gasteiger partial charge in [-0.05, 0) is 63.3 Å². The van der Waals surface area contributed by atoms with E-state index in [1.807, 2.05) is 0 Å². The molecule has 2 aromatic rings. The highest BCUT2D eigenvalue weighted by atomic mass is 32.2. The average molecular weight is 843 g/mol. The predicted octanol–water partition coefficient (Wildman–Crippen LogP) is 0.0779. The Morgan fingerprint density at radius 3 is 2.26 bits per heavy atom. The number of alkyl halides is 2. The molecule has 1 saturated carbocycles. The zero-order chi connectivity index (χ0) is 41.9. The Hall–Kier alpha value is -4.41. The van der Waals surface area contributed by atoms with Crippen molar-refractivity contribution in [2.75, 3.05) is 24.6 Å². The molecule has 22 heteroatoms. The number of primary amides is 1. The van der Waals surface area contributed by atoms with Crippen molar-refractivity contribution in [1.29, 1.82) is 0 Å². The van der Waals surface area contributed by atoms with Crippen LogP contribution < -0.4 is 21.1 Å². The molecule has 0 spiro atoms. The molecule has 6 N–H and O–H groups in total. The monoisotopic (exact) mass is 842 g/mol. The number of nitrogens with one attached hydrogen (secondary N) is 3. The first-order chi connectivity index (χ1) is 26.6. The fourth-order valence-corrected chi connectivity index (χ4v) is 10.3. The highest BCUT2D eigenvalue weighted by Crippen LogP contribution is 2.35. The summed E-state index contributed by atoms with van der Waals surface area (Å²) in [6, 6.07) is 1.11. The zero-order valence-corrected chi connectivity index (χ0v) is 33.2. The lowest BCUT2D eigenvalue weighted by Gasteiger charge is -2.37. The number of aromatic nitrogens is 3. The van der Waals surface area contributed by atoms with Gasteiger partial charge in [0.1, 0.15) is 23.2 Å². The number of likely N-dealkylation sites (tertiary alicyclic amines) is 1. The largest absolute Gasteiger partial charge is 0.384 e. The number of aliphatic hydroxyl groups is 1. The summed E-state index contributed by atoms with van der Waals surface area (Å²) in [5.41, 5.74) is 2.16. The normalized spacial score (nSPS) is 21.8. The van der Waals surface area contributed by atoms with Gasteiger partial charge in [0, 0.05) is 18.5 Å². The number of carbonyl (C=O) groups is 5. The number of hydrogen-bond donors (Lipinski definition) is 5. The molecule has 5 rings (SSSR count). The van der Waals surface area contributed by atoms with Crippen LogP contribution in [0.2, 0.25) is 0 Å². The lowest BCUT2D eigenvalue weighted by atomic mass is 9.84. The second-order valence-electron chi connectivity index (χ2n) is 15.5. The molecule has 3 fully saturated rings. The zero-order valence-electron chi connectivity index (χ0n) is 31.5. The number of sulfonamides is 1. The van der Waals surface area contributed by atoms with Crippen molar-refractivity contribution in [2.24, 2.45) is 11.7 Å². The molecular formula is C35H48F2N8O10S2. The first kappa shape index (κ1) is 43.7. The van der Waals surface area contributed by atoms with Crippen LogP contribution in [0.1, 0.15) is 93.7 Å². The standard InChI is InChI=1S/C35H48F2N8O10S2/c1-34(2,51)27-18-39-43-45(27)23-17-26(32(49)42-35(29(46)30(38)47)12-14-56(52,53)15-13-35)44(20-23)33(50)25(16-21-6-4-3-5-7-21)41-31(48)22-8-10-24(11-9-22)57(54,55)40-19-28(36)37/h8-11,18,21,23,25-26,28,40,51H,3-7,12-17,19-20H2,1-2H3,(H2,38,47)(H,41,48)(H,42,49)/t23?,25-,26?/m1/s1. The number of benzene rings is 1. The Bertz CT molecular complexity index is 2050. The van der Waals surface area contributed by atoms with Gasteiger partial charge in [-0.2, -0.15) is 0 Å². The van der Waals surface area contributed by atoms with Crippen LogP contribution in [0, 0.1) is 5.92 Å². The first-order valence-electron chi connectivity index (χ1n) is 18.6. The quantitative estimate of drug-likeness (QED) is 0.149. The van der Waals surface area contributed by atoms with Gasteiger partial charge in [0.15, 0.2) is 9.84 Å². The van der Waals surface area contributed by atoms with E-state index in [4.69, 9.17) is 5.73 Å². The van der Waals surface area contributed by atoms with Crippen molar-refractivity contribution >= 4 is 49.3 Å². The number of halogens is 2. The van der Waals surface area contributed by atoms with E-state index in [1.165, 1.54) is 41.8 Å². The van der Waals surface area contributed by atoms with Crippen LogP contribution in [0.4, 0.5) is 8.78 Å². The number of Topliss-reactive ketones (excluding diaryl/α,β-unsaturated/α-hetero) is 1. The van der Waals surface area contributed by atoms with Crippen molar-refractivity contribution in [1.82, 2.24) is 35.2 Å². The molecule has 3 aliphatic rings. The van der Waals surface area contributed by atoms with E-state index in [0.717, 1.165) is 44.2 Å². The SMILES string of the molecule is CC(C)(O)c1cnnn1C1CC(C(=O)NC2(C(=O)C(N)=O)CCS(=O)(=O)CC2)N(C(=O)[C@@H](CC2CCCCC2)NC(=O)c2ccc(S(=O)(=O)NCC(F)F)cc2)C1. The van der Waals surface area contributed by atoms with Crippen LogP contribution in [0.3, 0.4) is 0 Å². The third-order valence-corrected chi connectivity index (χ3v) is 14.0. The molecule has 0 bridgehead atoms. The molecule has 3 atom stereocenters. The fraction of sp³-hybridized carbons (Fsp3) is 0.629. The Labute approximate surface area is 328 Å². The van der Waals surface area contributed by atoms with E-state index in [2.05, 4.69) is 20.9 Å². The number of carbonyl (C=O) groups excluding carboxylic acids is 5. The molecule has 57 heavy (non-hydrogen) atoms. The van der Waals surface area contributed by atoms with Crippen molar-refractivity contribution in [3.8, 4) is 0 Å². The lowest BCUT2D eigenvalue weighted by Crippen LogP contribution is -2.64. The molecule has 0 radical (unpaired) electrons. The second-order valence-corrected chi connectivity index (χ2v) is 19.5. The number of amides is 4. The van der Waals surface area contributed by atoms with Crippen LogP contribution in [-0.4, -0.2) is 120 Å². The van der Waals surface area contributed by atoms with Crippen molar-refractivity contribution in [3.63, 3.8) is 0 Å². The van der Waals surface area contributed by atoms with Crippen molar-refractivity contribution in [2.45, 2.75) is 112 Å². The summed E-state index contributed by atoms with van der Waals surface area (Å²) in [7, 11) is -7.90. The van der Waals surface area contributed by atoms with E-state index >= 15 is 0 Å². The van der Waals surface area contributed by atoms with Crippen LogP contribution in [0.15, 0.2) is 35.4 Å². The van der Waals surface area contributed by atoms with Gasteiger partial charge in [-0.25, -0.2) is 35.0 Å². The Morgan fingerprint density at radius 1 is 1.05 bits per heavy atom. The number of rotatable bonds is 15. The molecule has 1 aromatic heterocycles. The van der Waals surface area contributed by atoms with Crippen molar-refractivity contribution in [3.05, 3.63) is 41.7 Å². The Morgan fingerprint density at radius 2 is 1.68 bits per heavy atom. The van der Waals surface area contributed by atoms with E-state index < -0.39 is 116 Å². The molecule has 2 saturated heterocycles. The van der Waals surface area contributed by atoms with E-state index in [1.54, 1.807) is 4.72 Å². The predicted molar refractivity (Wildman–Crippen MR) is 197 cm³/mol. The van der Waals surface area contributed by atoms with E-state index in [9.17, 15) is 54.7 Å². The first-order valence-corrected chi connectivity index (χ1v) is 21.9. The minimum Gasteiger partial charge on any atom is -0.384 e. The van der Waals surface area contributed by atoms with Gasteiger partial charge < -0.3 is 26.4 Å². The highest BCUT2D eigenvalue weighted by Gasteiger charge is 2.51. The number of hydrogen-bond acceptors (Lipinski definition) is 12. The smallest absolute Gasteiger partial charge is 0.287 e. The van der Waals surface area contributed by atoms with Crippen molar-refractivity contribution < 1.29 is 54.7 Å². The molecule has 3 heterocycles. The summed E-state index contributed by atoms with van der Waals surface area (Å²) >= 11 is 0. The Balaban J connectivity index is 1.47. The molecule has 1 aromatic carbocycles. The van der Waals surface area contributed by atoms with Gasteiger partial charge in [0.05, 0.1) is 40.9 Å². The topological polar surface area (TPSA) is 270 Å². The number of sulfone groups is 1. The number of ketones is 1. The number of nitrogens with zero attached hydrogens (tertiary/aromatic N) is 4. The van der Waals surface area contributed by atoms with Gasteiger partial charge in [-0.3, -0.25) is 24.0 Å². The average Bonchev–Trinajstić information content (AvgIpc) is 3.83. The summed E-state index contributed by atoms with van der Waals surface area (Å²) in [6.45, 7) is 1.71. The molecule has 1 aliphatic carbocycles. The van der Waals surface area contributed by atoms with Gasteiger partial charge in [0.2, 0.25) is 27.6 Å². The molecule has 4 amide bonds. The van der Waals surface area contributed by atoms with Crippen LogP contribution in [0.25, 0.3) is 0 Å². The maximum atomic E-state index is 14.8. The summed E-state index contributed by atoms with van der Waals surface area (Å²) in [5, 5.41) is 24.2. The summed E-state index contributed by atoms with van der Waals surface area (Å²) in [5.74, 6) is -5.91. The lowest BCUT2D eigenvalue weighted by molar-refractivity contribution is -0.145. The van der Waals surface area contributed by atoms with E-state index in [0.29, 0.717) is 0 Å². The maximum Gasteiger partial charge on any atom is 0.287 e. The highest BCUT2D eigenvalue weighted by molar-refractivity contribution is 7.91. The van der Waals surface area contributed by atoms with E-state index in [-0.39, 0.29) is 41.5 Å². The summed E-state index contributed by atoms with van der Waals surface area (Å²) in [6.07, 6.45) is 1.90. The van der Waals surface area contributed by atoms with Crippen LogP contribution >= 0.6 is 0 Å². The molecule has 314 valence electrons. The number of nitrogens with two attached hydrogens (primary N) is 1. The maximum absolute atomic E-state index is 14.8. The van der Waals surface area contributed by atoms with Gasteiger partial charge in [-0.15, -0.1) is 5.10 Å². The minimum atomic E-state index is -4.31. The van der Waals surface area contributed by atoms with Gasteiger partial charge in [0.25, 0.3) is 18.2 Å². The van der Waals surface area contributed by atoms with Gasteiger partial charge in [-0.1, -0.05) is 37.3 Å². The van der Waals surface area contributed by atoms with Gasteiger partial charge >= 0.3 is 0 Å². The van der Waals surface area contributed by atoms with Crippen LogP contribution in [-0.2, 0) is 44.6 Å². The summed E-state index contributed by atoms with van der Waals surface area (Å²) in [4.78, 5) is 69.0. The minimum absolute atomic E-state index is 0.00450. The molecule has 2 unspecified atom stereocenters. The summed E-state index contributed by atoms with van der Waals surface area (Å²) < 4.78 is 78.0.